The number of carbonyl (C=O) groups excluding carboxylic acids is 2. The van der Waals surface area contributed by atoms with E-state index in [4.69, 9.17) is 9.52 Å². The van der Waals surface area contributed by atoms with Gasteiger partial charge >= 0.3 is 5.97 Å². The number of ketones is 1. The molecule has 2 heterocycles. The number of Topliss-reactive ketones (excluding diaryl/α,β-unsaturated/α-hetero) is 1. The summed E-state index contributed by atoms with van der Waals surface area (Å²) < 4.78 is 5.09. The molecule has 112 valence electrons. The fraction of sp³-hybridized carbons (Fsp3) is 0.357. The normalized spacial score (nSPS) is 18.5. The van der Waals surface area contributed by atoms with Crippen LogP contribution >= 0.6 is 11.8 Å². The zero-order chi connectivity index (χ0) is 15.6. The molecule has 0 aliphatic carbocycles. The Labute approximate surface area is 125 Å². The third-order valence-corrected chi connectivity index (χ3v) is 4.35. The number of nitrogens with zero attached hydrogens (tertiary/aromatic N) is 1. The third-order valence-electron chi connectivity index (χ3n) is 3.14. The summed E-state index contributed by atoms with van der Waals surface area (Å²) in [7, 11) is 1.57. The number of hydrogen-bond donors (Lipinski definition) is 1. The van der Waals surface area contributed by atoms with Gasteiger partial charge in [-0.15, -0.1) is 11.8 Å². The molecule has 1 aliphatic heterocycles. The first-order valence-corrected chi connectivity index (χ1v) is 7.44. The summed E-state index contributed by atoms with van der Waals surface area (Å²) in [5, 5.41) is 8.50. The van der Waals surface area contributed by atoms with Crippen molar-refractivity contribution >= 4 is 29.4 Å². The van der Waals surface area contributed by atoms with E-state index >= 15 is 0 Å². The number of rotatable bonds is 6. The van der Waals surface area contributed by atoms with Gasteiger partial charge in [0.15, 0.2) is 5.76 Å². The van der Waals surface area contributed by atoms with Gasteiger partial charge in [-0.1, -0.05) is 6.92 Å². The highest BCUT2D eigenvalue weighted by Gasteiger charge is 2.41. The highest BCUT2D eigenvalue weighted by molar-refractivity contribution is 8.00. The Morgan fingerprint density at radius 1 is 1.48 bits per heavy atom. The SMILES string of the molecule is CCS[C@H]1C(C(=O)c2ccco2)=C(CC(=O)O)C(=O)N1C. The topological polar surface area (TPSA) is 87.8 Å². The lowest BCUT2D eigenvalue weighted by molar-refractivity contribution is -0.137. The predicted molar refractivity (Wildman–Crippen MR) is 77.0 cm³/mol. The van der Waals surface area contributed by atoms with Crippen LogP contribution in [0.5, 0.6) is 0 Å². The van der Waals surface area contributed by atoms with Gasteiger partial charge in [0.1, 0.15) is 5.37 Å². The van der Waals surface area contributed by atoms with Crippen molar-refractivity contribution in [2.45, 2.75) is 18.7 Å². The fourth-order valence-corrected chi connectivity index (χ4v) is 3.29. The van der Waals surface area contributed by atoms with Crippen molar-refractivity contribution in [2.75, 3.05) is 12.8 Å². The Morgan fingerprint density at radius 2 is 2.19 bits per heavy atom. The number of hydrogen-bond acceptors (Lipinski definition) is 5. The van der Waals surface area contributed by atoms with Crippen LogP contribution in [0.2, 0.25) is 0 Å². The maximum absolute atomic E-state index is 12.5. The van der Waals surface area contributed by atoms with Gasteiger partial charge < -0.3 is 14.4 Å². The van der Waals surface area contributed by atoms with Crippen LogP contribution in [-0.4, -0.2) is 45.8 Å². The number of carboxylic acids is 1. The van der Waals surface area contributed by atoms with E-state index in [2.05, 4.69) is 0 Å². The first-order chi connectivity index (χ1) is 9.97. The Kier molecular flexibility index (Phi) is 4.52. The zero-order valence-corrected chi connectivity index (χ0v) is 12.5. The van der Waals surface area contributed by atoms with E-state index in [1.165, 1.54) is 29.0 Å². The molecule has 0 bridgehead atoms. The number of furan rings is 1. The largest absolute Gasteiger partial charge is 0.481 e. The lowest BCUT2D eigenvalue weighted by Gasteiger charge is -2.21. The van der Waals surface area contributed by atoms with E-state index in [9.17, 15) is 14.4 Å². The van der Waals surface area contributed by atoms with E-state index in [-0.39, 0.29) is 16.9 Å². The fourth-order valence-electron chi connectivity index (χ4n) is 2.24. The molecule has 2 rings (SSSR count). The first kappa shape index (κ1) is 15.4. The van der Waals surface area contributed by atoms with Crippen LogP contribution in [0.15, 0.2) is 34.0 Å². The molecule has 0 fully saturated rings. The highest BCUT2D eigenvalue weighted by Crippen LogP contribution is 2.35. The minimum Gasteiger partial charge on any atom is -0.481 e. The van der Waals surface area contributed by atoms with Gasteiger partial charge in [-0.2, -0.15) is 0 Å². The summed E-state index contributed by atoms with van der Waals surface area (Å²) in [6.45, 7) is 1.91. The smallest absolute Gasteiger partial charge is 0.308 e. The van der Waals surface area contributed by atoms with E-state index in [0.717, 1.165) is 0 Å². The molecule has 1 aliphatic rings. The summed E-state index contributed by atoms with van der Waals surface area (Å²) in [6.07, 6.45) is 0.902. The van der Waals surface area contributed by atoms with Crippen LogP contribution in [-0.2, 0) is 9.59 Å². The quantitative estimate of drug-likeness (QED) is 0.806. The molecule has 0 unspecified atom stereocenters. The molecule has 1 aromatic rings. The molecule has 0 spiro atoms. The number of likely N-dealkylation sites (N-methyl/N-ethyl adjacent to an activating group) is 1. The Bertz CT molecular complexity index is 605. The number of carbonyl (C=O) groups is 3. The van der Waals surface area contributed by atoms with Crippen molar-refractivity contribution in [3.05, 3.63) is 35.3 Å². The molecular weight excluding hydrogens is 294 g/mol. The zero-order valence-electron chi connectivity index (χ0n) is 11.7. The molecule has 0 saturated carbocycles. The summed E-state index contributed by atoms with van der Waals surface area (Å²) >= 11 is 1.41. The average Bonchev–Trinajstić information content (AvgIpc) is 3.03. The predicted octanol–water partition coefficient (Wildman–Crippen LogP) is 1.78. The van der Waals surface area contributed by atoms with E-state index in [0.29, 0.717) is 5.75 Å². The van der Waals surface area contributed by atoms with Crippen LogP contribution in [0.1, 0.15) is 23.9 Å². The van der Waals surface area contributed by atoms with Crippen LogP contribution in [0.25, 0.3) is 0 Å². The average molecular weight is 309 g/mol. The molecule has 0 aromatic carbocycles. The van der Waals surface area contributed by atoms with Crippen molar-refractivity contribution < 1.29 is 23.9 Å². The molecule has 0 radical (unpaired) electrons. The molecule has 6 nitrogen and oxygen atoms in total. The lowest BCUT2D eigenvalue weighted by atomic mass is 10.0. The number of aliphatic carboxylic acids is 1. The summed E-state index contributed by atoms with van der Waals surface area (Å²) in [5.41, 5.74) is 0.254. The lowest BCUT2D eigenvalue weighted by Crippen LogP contribution is -2.31. The van der Waals surface area contributed by atoms with Crippen LogP contribution in [0.4, 0.5) is 0 Å². The van der Waals surface area contributed by atoms with Crippen LogP contribution in [0.3, 0.4) is 0 Å². The van der Waals surface area contributed by atoms with Crippen molar-refractivity contribution in [1.29, 1.82) is 0 Å². The minimum absolute atomic E-state index is 0.0392. The third kappa shape index (κ3) is 2.87. The van der Waals surface area contributed by atoms with Gasteiger partial charge in [-0.25, -0.2) is 0 Å². The summed E-state index contributed by atoms with van der Waals surface area (Å²) in [5.74, 6) is -1.19. The maximum atomic E-state index is 12.5. The Balaban J connectivity index is 2.49. The second-order valence-corrected chi connectivity index (χ2v) is 5.85. The van der Waals surface area contributed by atoms with E-state index in [1.54, 1.807) is 13.1 Å². The van der Waals surface area contributed by atoms with Gasteiger partial charge in [0.25, 0.3) is 5.91 Å². The van der Waals surface area contributed by atoms with Crippen molar-refractivity contribution in [2.24, 2.45) is 0 Å². The second kappa shape index (κ2) is 6.17. The molecule has 1 amide bonds. The number of thioether (sulfide) groups is 1. The molecule has 21 heavy (non-hydrogen) atoms. The first-order valence-electron chi connectivity index (χ1n) is 6.39. The van der Waals surface area contributed by atoms with Crippen LogP contribution < -0.4 is 0 Å². The minimum atomic E-state index is -1.14. The van der Waals surface area contributed by atoms with Gasteiger partial charge in [0.05, 0.1) is 12.7 Å². The van der Waals surface area contributed by atoms with E-state index < -0.39 is 29.5 Å². The Hall–Kier alpha value is -2.02. The summed E-state index contributed by atoms with van der Waals surface area (Å²) in [4.78, 5) is 37.1. The summed E-state index contributed by atoms with van der Waals surface area (Å²) in [6, 6.07) is 3.08. The van der Waals surface area contributed by atoms with Gasteiger partial charge in [-0.3, -0.25) is 14.4 Å². The van der Waals surface area contributed by atoms with Crippen molar-refractivity contribution in [1.82, 2.24) is 4.90 Å². The monoisotopic (exact) mass is 309 g/mol. The molecule has 1 atom stereocenters. The standard InChI is InChI=1S/C14H15NO5S/c1-3-21-14-11(12(18)9-5-4-6-20-9)8(7-10(16)17)13(19)15(14)2/h4-6,14H,3,7H2,1-2H3,(H,16,17)/t14-/m0/s1. The van der Waals surface area contributed by atoms with Crippen molar-refractivity contribution in [3.8, 4) is 0 Å². The second-order valence-electron chi connectivity index (χ2n) is 4.49. The number of carboxylic acid groups (broad SMARTS) is 1. The molecular formula is C14H15NO5S. The molecule has 1 N–H and O–H groups in total. The maximum Gasteiger partial charge on any atom is 0.308 e. The van der Waals surface area contributed by atoms with Gasteiger partial charge in [-0.05, 0) is 17.9 Å². The van der Waals surface area contributed by atoms with Crippen LogP contribution in [0, 0.1) is 0 Å². The van der Waals surface area contributed by atoms with Gasteiger partial charge in [0.2, 0.25) is 5.78 Å². The van der Waals surface area contributed by atoms with Crippen molar-refractivity contribution in [3.63, 3.8) is 0 Å². The molecule has 7 heteroatoms. The Morgan fingerprint density at radius 3 is 2.71 bits per heavy atom. The van der Waals surface area contributed by atoms with E-state index in [1.807, 2.05) is 6.92 Å². The number of amides is 1. The highest BCUT2D eigenvalue weighted by atomic mass is 32.2. The molecule has 0 saturated heterocycles. The molecule has 1 aromatic heterocycles. The van der Waals surface area contributed by atoms with Gasteiger partial charge in [0, 0.05) is 18.2 Å².